The van der Waals surface area contributed by atoms with Crippen LogP contribution in [0.1, 0.15) is 37.0 Å². The van der Waals surface area contributed by atoms with Crippen molar-refractivity contribution in [3.63, 3.8) is 0 Å². The summed E-state index contributed by atoms with van der Waals surface area (Å²) >= 11 is 0. The molecule has 2 aromatic carbocycles. The van der Waals surface area contributed by atoms with Gasteiger partial charge in [0.15, 0.2) is 0 Å². The van der Waals surface area contributed by atoms with E-state index < -0.39 is 0 Å². The van der Waals surface area contributed by atoms with Crippen molar-refractivity contribution >= 4 is 23.2 Å². The van der Waals surface area contributed by atoms with Crippen LogP contribution in [0, 0.1) is 5.92 Å². The number of carbonyl (C=O) groups is 2. The molecule has 0 bridgehead atoms. The normalized spacial score (nSPS) is 15.5. The minimum Gasteiger partial charge on any atom is -0.493 e. The fourth-order valence-corrected chi connectivity index (χ4v) is 3.17. The summed E-state index contributed by atoms with van der Waals surface area (Å²) in [4.78, 5) is 24.7. The molecule has 0 radical (unpaired) electrons. The lowest BCUT2D eigenvalue weighted by molar-refractivity contribution is -0.114. The number of carbonyl (C=O) groups excluding carboxylic acids is 2. The standard InChI is InChI=1S/C24H31N3O4/c1-17(2)16-31-21-10-8-19(9-11-21)25-15-23(28)27-20-6-3-5-18(13-20)24(29)26-14-22-7-4-12-30-22/h3,5-6,8-11,13,17,22,25H,4,7,12,14-16H2,1-2H3,(H,26,29)(H,27,28). The highest BCUT2D eigenvalue weighted by molar-refractivity contribution is 5.98. The highest BCUT2D eigenvalue weighted by Gasteiger charge is 2.17. The van der Waals surface area contributed by atoms with Crippen LogP contribution in [0.15, 0.2) is 48.5 Å². The van der Waals surface area contributed by atoms with E-state index in [9.17, 15) is 9.59 Å². The maximum atomic E-state index is 12.4. The fourth-order valence-electron chi connectivity index (χ4n) is 3.17. The van der Waals surface area contributed by atoms with Crippen LogP contribution in [0.25, 0.3) is 0 Å². The zero-order valence-corrected chi connectivity index (χ0v) is 18.1. The average molecular weight is 426 g/mol. The van der Waals surface area contributed by atoms with Gasteiger partial charge in [-0.05, 0) is 61.2 Å². The molecule has 1 saturated heterocycles. The van der Waals surface area contributed by atoms with E-state index in [-0.39, 0.29) is 24.5 Å². The summed E-state index contributed by atoms with van der Waals surface area (Å²) < 4.78 is 11.2. The second-order valence-electron chi connectivity index (χ2n) is 8.06. The van der Waals surface area contributed by atoms with Gasteiger partial charge in [0, 0.05) is 30.1 Å². The van der Waals surface area contributed by atoms with Crippen LogP contribution >= 0.6 is 0 Å². The van der Waals surface area contributed by atoms with Crippen molar-refractivity contribution in [3.8, 4) is 5.75 Å². The van der Waals surface area contributed by atoms with Crippen molar-refractivity contribution < 1.29 is 19.1 Å². The van der Waals surface area contributed by atoms with Gasteiger partial charge in [0.2, 0.25) is 5.91 Å². The monoisotopic (exact) mass is 425 g/mol. The number of ether oxygens (including phenoxy) is 2. The largest absolute Gasteiger partial charge is 0.493 e. The van der Waals surface area contributed by atoms with Crippen molar-refractivity contribution in [3.05, 3.63) is 54.1 Å². The lowest BCUT2D eigenvalue weighted by atomic mass is 10.1. The van der Waals surface area contributed by atoms with Crippen molar-refractivity contribution in [2.24, 2.45) is 5.92 Å². The molecule has 7 nitrogen and oxygen atoms in total. The first-order valence-corrected chi connectivity index (χ1v) is 10.8. The Kier molecular flexibility index (Phi) is 8.29. The molecule has 0 saturated carbocycles. The summed E-state index contributed by atoms with van der Waals surface area (Å²) in [5.41, 5.74) is 1.91. The predicted molar refractivity (Wildman–Crippen MR) is 122 cm³/mol. The molecule has 3 rings (SSSR count). The second-order valence-corrected chi connectivity index (χ2v) is 8.06. The minimum atomic E-state index is -0.197. The molecule has 1 atom stereocenters. The molecule has 7 heteroatoms. The van der Waals surface area contributed by atoms with Crippen LogP contribution in [-0.2, 0) is 9.53 Å². The highest BCUT2D eigenvalue weighted by Crippen LogP contribution is 2.17. The van der Waals surface area contributed by atoms with E-state index in [0.717, 1.165) is 30.9 Å². The Balaban J connectivity index is 1.44. The van der Waals surface area contributed by atoms with Gasteiger partial charge in [-0.3, -0.25) is 9.59 Å². The predicted octanol–water partition coefficient (Wildman–Crippen LogP) is 3.68. The maximum Gasteiger partial charge on any atom is 0.251 e. The first kappa shape index (κ1) is 22.6. The molecule has 1 heterocycles. The van der Waals surface area contributed by atoms with Crippen LogP contribution in [-0.4, -0.2) is 44.2 Å². The molecule has 1 fully saturated rings. The van der Waals surface area contributed by atoms with E-state index in [1.54, 1.807) is 24.3 Å². The van der Waals surface area contributed by atoms with E-state index in [4.69, 9.17) is 9.47 Å². The van der Waals surface area contributed by atoms with Gasteiger partial charge in [-0.25, -0.2) is 0 Å². The van der Waals surface area contributed by atoms with Gasteiger partial charge in [0.1, 0.15) is 5.75 Å². The Hall–Kier alpha value is -3.06. The topological polar surface area (TPSA) is 88.7 Å². The fraction of sp³-hybridized carbons (Fsp3) is 0.417. The Bertz CT molecular complexity index is 861. The third kappa shape index (κ3) is 7.61. The minimum absolute atomic E-state index is 0.0914. The van der Waals surface area contributed by atoms with E-state index in [2.05, 4.69) is 29.8 Å². The SMILES string of the molecule is CC(C)COc1ccc(NCC(=O)Nc2cccc(C(=O)NCC3CCCO3)c2)cc1. The average Bonchev–Trinajstić information content (AvgIpc) is 3.29. The zero-order chi connectivity index (χ0) is 22.1. The molecule has 1 aliphatic rings. The molecular weight excluding hydrogens is 394 g/mol. The number of hydrogen-bond donors (Lipinski definition) is 3. The first-order chi connectivity index (χ1) is 15.0. The molecule has 1 aliphatic heterocycles. The number of amides is 2. The molecule has 0 aromatic heterocycles. The number of benzene rings is 2. The summed E-state index contributed by atoms with van der Waals surface area (Å²) in [6.45, 7) is 6.24. The van der Waals surface area contributed by atoms with Crippen molar-refractivity contribution in [2.45, 2.75) is 32.8 Å². The van der Waals surface area contributed by atoms with Crippen molar-refractivity contribution in [1.29, 1.82) is 0 Å². The summed E-state index contributed by atoms with van der Waals surface area (Å²) in [5.74, 6) is 0.896. The van der Waals surface area contributed by atoms with Gasteiger partial charge < -0.3 is 25.4 Å². The molecule has 0 spiro atoms. The maximum absolute atomic E-state index is 12.4. The molecule has 2 aromatic rings. The number of anilines is 2. The number of rotatable bonds is 10. The van der Waals surface area contributed by atoms with Gasteiger partial charge in [-0.15, -0.1) is 0 Å². The van der Waals surface area contributed by atoms with Crippen LogP contribution < -0.4 is 20.7 Å². The summed E-state index contributed by atoms with van der Waals surface area (Å²) in [5, 5.41) is 8.79. The molecule has 0 aliphatic carbocycles. The van der Waals surface area contributed by atoms with Gasteiger partial charge in [-0.2, -0.15) is 0 Å². The molecular formula is C24H31N3O4. The Morgan fingerprint density at radius 2 is 1.94 bits per heavy atom. The van der Waals surface area contributed by atoms with Crippen molar-refractivity contribution in [2.75, 3.05) is 36.9 Å². The molecule has 3 N–H and O–H groups in total. The van der Waals surface area contributed by atoms with E-state index in [1.165, 1.54) is 0 Å². The molecule has 166 valence electrons. The third-order valence-corrected chi connectivity index (χ3v) is 4.81. The van der Waals surface area contributed by atoms with E-state index >= 15 is 0 Å². The second kappa shape index (κ2) is 11.4. The Morgan fingerprint density at radius 3 is 2.65 bits per heavy atom. The van der Waals surface area contributed by atoms with Crippen LogP contribution in [0.4, 0.5) is 11.4 Å². The highest BCUT2D eigenvalue weighted by atomic mass is 16.5. The number of hydrogen-bond acceptors (Lipinski definition) is 5. The molecule has 31 heavy (non-hydrogen) atoms. The molecule has 1 unspecified atom stereocenters. The Morgan fingerprint density at radius 1 is 1.13 bits per heavy atom. The number of nitrogens with one attached hydrogen (secondary N) is 3. The van der Waals surface area contributed by atoms with Crippen LogP contribution in [0.5, 0.6) is 5.75 Å². The van der Waals surface area contributed by atoms with Gasteiger partial charge in [-0.1, -0.05) is 19.9 Å². The zero-order valence-electron chi connectivity index (χ0n) is 18.1. The Labute approximate surface area is 183 Å². The van der Waals surface area contributed by atoms with E-state index in [0.29, 0.717) is 30.3 Å². The third-order valence-electron chi connectivity index (χ3n) is 4.81. The lowest BCUT2D eigenvalue weighted by Gasteiger charge is -2.12. The van der Waals surface area contributed by atoms with Gasteiger partial charge >= 0.3 is 0 Å². The first-order valence-electron chi connectivity index (χ1n) is 10.8. The van der Waals surface area contributed by atoms with E-state index in [1.807, 2.05) is 24.3 Å². The summed E-state index contributed by atoms with van der Waals surface area (Å²) in [7, 11) is 0. The van der Waals surface area contributed by atoms with Gasteiger partial charge in [0.25, 0.3) is 5.91 Å². The smallest absolute Gasteiger partial charge is 0.251 e. The van der Waals surface area contributed by atoms with Crippen LogP contribution in [0.3, 0.4) is 0 Å². The van der Waals surface area contributed by atoms with Crippen LogP contribution in [0.2, 0.25) is 0 Å². The molecule has 2 amide bonds. The lowest BCUT2D eigenvalue weighted by Crippen LogP contribution is -2.31. The quantitative estimate of drug-likeness (QED) is 0.540. The summed E-state index contributed by atoms with van der Waals surface area (Å²) in [6.07, 6.45) is 2.09. The van der Waals surface area contributed by atoms with Crippen molar-refractivity contribution in [1.82, 2.24) is 5.32 Å². The summed E-state index contributed by atoms with van der Waals surface area (Å²) in [6, 6.07) is 14.4. The van der Waals surface area contributed by atoms with Gasteiger partial charge in [0.05, 0.1) is 19.3 Å².